The van der Waals surface area contributed by atoms with Gasteiger partial charge in [0.25, 0.3) is 0 Å². The average molecular weight is 538 g/mol. The summed E-state index contributed by atoms with van der Waals surface area (Å²) in [6, 6.07) is 13.5. The summed E-state index contributed by atoms with van der Waals surface area (Å²) < 4.78 is 25.9. The molecule has 3 aromatic rings. The highest BCUT2D eigenvalue weighted by Crippen LogP contribution is 2.30. The monoisotopic (exact) mass is 537 g/mol. The van der Waals surface area contributed by atoms with Gasteiger partial charge in [-0.15, -0.1) is 0 Å². The summed E-state index contributed by atoms with van der Waals surface area (Å²) in [7, 11) is 1.63. The first-order valence-electron chi connectivity index (χ1n) is 13.6. The molecule has 2 amide bonds. The number of hydrogen-bond acceptors (Lipinski definition) is 8. The Kier molecular flexibility index (Phi) is 8.55. The van der Waals surface area contributed by atoms with Gasteiger partial charge in [-0.05, 0) is 62.2 Å². The van der Waals surface area contributed by atoms with Crippen molar-refractivity contribution >= 4 is 12.0 Å². The standard InChI is InChI=1S/C28H36FN7O3/c1-38-24-8-6-22(7-9-24)25-32-27(39-33-25)36-19-17-35(18-20-36)26(37)31-13-4-14-34-15-10-28(29,11-16-34)21-23-5-2-3-12-30-23/h2-3,5-9,12H,4,10-11,13-21H2,1H3,(H,31,37). The lowest BCUT2D eigenvalue weighted by atomic mass is 9.88. The van der Waals surface area contributed by atoms with E-state index in [4.69, 9.17) is 9.26 Å². The third kappa shape index (κ3) is 7.03. The number of amides is 2. The van der Waals surface area contributed by atoms with Crippen LogP contribution in [0.4, 0.5) is 15.2 Å². The van der Waals surface area contributed by atoms with Crippen LogP contribution in [0.2, 0.25) is 0 Å². The third-order valence-electron chi connectivity index (χ3n) is 7.50. The number of carbonyl (C=O) groups is 1. The number of nitrogens with zero attached hydrogens (tertiary/aromatic N) is 6. The molecule has 2 saturated heterocycles. The normalized spacial score (nSPS) is 17.7. The number of nitrogens with one attached hydrogen (secondary N) is 1. The number of piperidine rings is 1. The lowest BCUT2D eigenvalue weighted by molar-refractivity contribution is 0.0574. The van der Waals surface area contributed by atoms with E-state index >= 15 is 4.39 Å². The summed E-state index contributed by atoms with van der Waals surface area (Å²) in [5.41, 5.74) is 0.480. The Bertz CT molecular complexity index is 1190. The summed E-state index contributed by atoms with van der Waals surface area (Å²) >= 11 is 0. The predicted molar refractivity (Wildman–Crippen MR) is 146 cm³/mol. The van der Waals surface area contributed by atoms with Crippen molar-refractivity contribution in [2.45, 2.75) is 31.4 Å². The molecule has 11 heteroatoms. The molecule has 0 atom stereocenters. The van der Waals surface area contributed by atoms with Gasteiger partial charge in [0.15, 0.2) is 0 Å². The number of piperazine rings is 1. The van der Waals surface area contributed by atoms with Crippen LogP contribution in [-0.2, 0) is 6.42 Å². The number of likely N-dealkylation sites (tertiary alicyclic amines) is 1. The molecule has 0 bridgehead atoms. The molecule has 2 aromatic heterocycles. The average Bonchev–Trinajstić information content (AvgIpc) is 3.47. The topological polar surface area (TPSA) is 99.9 Å². The van der Waals surface area contributed by atoms with Crippen molar-refractivity contribution in [1.82, 2.24) is 30.2 Å². The number of methoxy groups -OCH3 is 1. The van der Waals surface area contributed by atoms with Crippen molar-refractivity contribution in [2.75, 3.05) is 64.4 Å². The summed E-state index contributed by atoms with van der Waals surface area (Å²) in [6.45, 7) is 5.30. The number of anilines is 1. The fraction of sp³-hybridized carbons (Fsp3) is 0.500. The minimum atomic E-state index is -1.18. The first-order chi connectivity index (χ1) is 19.0. The Hall–Kier alpha value is -3.73. The highest BCUT2D eigenvalue weighted by atomic mass is 19.1. The molecule has 5 rings (SSSR count). The zero-order valence-corrected chi connectivity index (χ0v) is 22.4. The zero-order valence-electron chi connectivity index (χ0n) is 22.4. The molecular weight excluding hydrogens is 501 g/mol. The van der Waals surface area contributed by atoms with E-state index < -0.39 is 5.67 Å². The van der Waals surface area contributed by atoms with Gasteiger partial charge in [0.05, 0.1) is 7.11 Å². The SMILES string of the molecule is COc1ccc(-c2noc(N3CCN(C(=O)NCCCN4CCC(F)(Cc5ccccn5)CC4)CC3)n2)cc1. The molecule has 0 spiro atoms. The number of urea groups is 1. The van der Waals surface area contributed by atoms with E-state index in [9.17, 15) is 4.79 Å². The van der Waals surface area contributed by atoms with Gasteiger partial charge < -0.3 is 29.3 Å². The van der Waals surface area contributed by atoms with Gasteiger partial charge in [-0.2, -0.15) is 4.98 Å². The Morgan fingerprint density at radius 2 is 1.85 bits per heavy atom. The first-order valence-corrected chi connectivity index (χ1v) is 13.6. The van der Waals surface area contributed by atoms with Crippen molar-refractivity contribution in [3.8, 4) is 17.1 Å². The van der Waals surface area contributed by atoms with Crippen molar-refractivity contribution in [3.63, 3.8) is 0 Å². The first kappa shape index (κ1) is 26.9. The largest absolute Gasteiger partial charge is 0.497 e. The number of pyridine rings is 1. The number of ether oxygens (including phenoxy) is 1. The fourth-order valence-electron chi connectivity index (χ4n) is 5.09. The maximum Gasteiger partial charge on any atom is 0.324 e. The number of benzene rings is 1. The van der Waals surface area contributed by atoms with E-state index in [2.05, 4.69) is 25.3 Å². The molecular formula is C28H36FN7O3. The maximum absolute atomic E-state index is 15.2. The van der Waals surface area contributed by atoms with Gasteiger partial charge in [0, 0.05) is 69.7 Å². The molecule has 10 nitrogen and oxygen atoms in total. The zero-order chi connectivity index (χ0) is 27.1. The fourth-order valence-corrected chi connectivity index (χ4v) is 5.09. The van der Waals surface area contributed by atoms with Crippen LogP contribution in [0.3, 0.4) is 0 Å². The van der Waals surface area contributed by atoms with Gasteiger partial charge in [-0.3, -0.25) is 4.98 Å². The molecule has 1 N–H and O–H groups in total. The summed E-state index contributed by atoms with van der Waals surface area (Å²) in [5, 5.41) is 7.13. The summed E-state index contributed by atoms with van der Waals surface area (Å²) in [6.07, 6.45) is 3.96. The Labute approximate surface area is 228 Å². The number of hydrogen-bond donors (Lipinski definition) is 1. The lowest BCUT2D eigenvalue weighted by Gasteiger charge is -2.36. The van der Waals surface area contributed by atoms with E-state index in [1.807, 2.05) is 52.3 Å². The van der Waals surface area contributed by atoms with Crippen LogP contribution >= 0.6 is 0 Å². The van der Waals surface area contributed by atoms with E-state index in [0.717, 1.165) is 43.1 Å². The smallest absolute Gasteiger partial charge is 0.324 e. The Balaban J connectivity index is 0.981. The second kappa shape index (κ2) is 12.4. The molecule has 2 aliphatic heterocycles. The molecule has 1 aromatic carbocycles. The number of rotatable bonds is 9. The molecule has 2 fully saturated rings. The minimum Gasteiger partial charge on any atom is -0.497 e. The number of alkyl halides is 1. The molecule has 0 aliphatic carbocycles. The highest BCUT2D eigenvalue weighted by molar-refractivity contribution is 5.74. The minimum absolute atomic E-state index is 0.0594. The van der Waals surface area contributed by atoms with Crippen LogP contribution in [0.15, 0.2) is 53.2 Å². The second-order valence-electron chi connectivity index (χ2n) is 10.2. The number of aromatic nitrogens is 3. The van der Waals surface area contributed by atoms with E-state index in [1.165, 1.54) is 0 Å². The van der Waals surface area contributed by atoms with Crippen molar-refractivity contribution in [2.24, 2.45) is 0 Å². The highest BCUT2D eigenvalue weighted by Gasteiger charge is 2.35. The van der Waals surface area contributed by atoms with Gasteiger partial charge in [-0.1, -0.05) is 11.2 Å². The lowest BCUT2D eigenvalue weighted by Crippen LogP contribution is -2.52. The van der Waals surface area contributed by atoms with Crippen LogP contribution in [0.1, 0.15) is 25.0 Å². The second-order valence-corrected chi connectivity index (χ2v) is 10.2. The van der Waals surface area contributed by atoms with Gasteiger partial charge in [0.1, 0.15) is 11.4 Å². The Morgan fingerprint density at radius 3 is 2.54 bits per heavy atom. The van der Waals surface area contributed by atoms with Gasteiger partial charge in [0.2, 0.25) is 5.82 Å². The predicted octanol–water partition coefficient (Wildman–Crippen LogP) is 3.41. The molecule has 0 radical (unpaired) electrons. The quantitative estimate of drug-likeness (QED) is 0.415. The Morgan fingerprint density at radius 1 is 1.08 bits per heavy atom. The number of carbonyl (C=O) groups excluding carboxylic acids is 1. The van der Waals surface area contributed by atoms with Crippen LogP contribution in [-0.4, -0.2) is 96.1 Å². The van der Waals surface area contributed by atoms with Crippen LogP contribution < -0.4 is 15.0 Å². The molecule has 208 valence electrons. The maximum atomic E-state index is 15.2. The molecule has 39 heavy (non-hydrogen) atoms. The molecule has 2 aliphatic rings. The molecule has 0 saturated carbocycles. The third-order valence-corrected chi connectivity index (χ3v) is 7.50. The van der Waals surface area contributed by atoms with E-state index in [-0.39, 0.29) is 6.03 Å². The van der Waals surface area contributed by atoms with Crippen molar-refractivity contribution < 1.29 is 18.4 Å². The van der Waals surface area contributed by atoms with E-state index in [1.54, 1.807) is 13.3 Å². The van der Waals surface area contributed by atoms with Crippen LogP contribution in [0.5, 0.6) is 5.75 Å². The van der Waals surface area contributed by atoms with Gasteiger partial charge >= 0.3 is 12.0 Å². The van der Waals surface area contributed by atoms with Gasteiger partial charge in [-0.25, -0.2) is 9.18 Å². The summed E-state index contributed by atoms with van der Waals surface area (Å²) in [5.74, 6) is 1.29. The van der Waals surface area contributed by atoms with Crippen molar-refractivity contribution in [1.29, 1.82) is 0 Å². The molecule has 4 heterocycles. The van der Waals surface area contributed by atoms with Crippen LogP contribution in [0.25, 0.3) is 11.4 Å². The van der Waals surface area contributed by atoms with Crippen LogP contribution in [0, 0.1) is 0 Å². The number of halogens is 1. The summed E-state index contributed by atoms with van der Waals surface area (Å²) in [4.78, 5) is 27.5. The molecule has 0 unspecified atom stereocenters. The van der Waals surface area contributed by atoms with E-state index in [0.29, 0.717) is 63.8 Å². The van der Waals surface area contributed by atoms with Crippen molar-refractivity contribution in [3.05, 3.63) is 54.4 Å².